The molecule has 0 aromatic rings. The van der Waals surface area contributed by atoms with Crippen LogP contribution >= 0.6 is 0 Å². The van der Waals surface area contributed by atoms with Crippen molar-refractivity contribution < 1.29 is 0 Å². The Hall–Kier alpha value is -0.0400. The van der Waals surface area contributed by atoms with E-state index < -0.39 is 0 Å². The fourth-order valence-corrected chi connectivity index (χ4v) is 4.07. The van der Waals surface area contributed by atoms with Crippen molar-refractivity contribution in [3.05, 3.63) is 0 Å². The van der Waals surface area contributed by atoms with Gasteiger partial charge >= 0.3 is 0 Å². The van der Waals surface area contributed by atoms with Crippen molar-refractivity contribution in [3.63, 3.8) is 0 Å². The molecule has 0 unspecified atom stereocenters. The van der Waals surface area contributed by atoms with Gasteiger partial charge in [0.2, 0.25) is 0 Å². The summed E-state index contributed by atoms with van der Waals surface area (Å²) in [6.07, 6.45) is 29.0. The van der Waals surface area contributed by atoms with Crippen LogP contribution in [0.3, 0.4) is 0 Å². The van der Waals surface area contributed by atoms with Crippen LogP contribution < -0.4 is 0 Å². The summed E-state index contributed by atoms with van der Waals surface area (Å²) >= 11 is 0. The summed E-state index contributed by atoms with van der Waals surface area (Å²) in [4.78, 5) is 2.67. The van der Waals surface area contributed by atoms with Gasteiger partial charge in [0, 0.05) is 0 Å². The fourth-order valence-electron chi connectivity index (χ4n) is 4.07. The van der Waals surface area contributed by atoms with E-state index in [1.54, 1.807) is 0 Å². The zero-order chi connectivity index (χ0) is 19.8. The molecule has 0 aromatic heterocycles. The molecule has 27 heavy (non-hydrogen) atoms. The van der Waals surface area contributed by atoms with Crippen LogP contribution in [-0.4, -0.2) is 24.5 Å². The van der Waals surface area contributed by atoms with E-state index in [4.69, 9.17) is 0 Å². The number of nitrogens with zero attached hydrogens (tertiary/aromatic N) is 1. The molecule has 0 fully saturated rings. The van der Waals surface area contributed by atoms with Gasteiger partial charge < -0.3 is 4.90 Å². The number of hydrogen-bond acceptors (Lipinski definition) is 1. The molecule has 164 valence electrons. The van der Waals surface area contributed by atoms with Gasteiger partial charge in [-0.15, -0.1) is 0 Å². The molecule has 0 aliphatic rings. The van der Waals surface area contributed by atoms with E-state index >= 15 is 0 Å². The maximum atomic E-state index is 2.67. The molecule has 0 N–H and O–H groups in total. The zero-order valence-electron chi connectivity index (χ0n) is 19.7. The highest BCUT2D eigenvalue weighted by molar-refractivity contribution is 4.57. The van der Waals surface area contributed by atoms with Crippen LogP contribution in [0.4, 0.5) is 0 Å². The van der Waals surface area contributed by atoms with Gasteiger partial charge in [-0.05, 0) is 32.5 Å². The molecule has 0 amide bonds. The Morgan fingerprint density at radius 1 is 0.333 bits per heavy atom. The van der Waals surface area contributed by atoms with E-state index in [9.17, 15) is 0 Å². The quantitative estimate of drug-likeness (QED) is 0.159. The molecule has 0 saturated heterocycles. The molecule has 0 saturated carbocycles. The predicted molar refractivity (Wildman–Crippen MR) is 126 cm³/mol. The van der Waals surface area contributed by atoms with E-state index in [1.807, 2.05) is 0 Å². The molecule has 0 atom stereocenters. The average molecular weight is 382 g/mol. The third-order valence-corrected chi connectivity index (χ3v) is 6.10. The Labute approximate surface area is 174 Å². The highest BCUT2D eigenvalue weighted by Gasteiger charge is 2.01. The zero-order valence-corrected chi connectivity index (χ0v) is 19.7. The predicted octanol–water partition coefficient (Wildman–Crippen LogP) is 9.15. The normalized spacial score (nSPS) is 11.6. The summed E-state index contributed by atoms with van der Waals surface area (Å²) in [7, 11) is 0. The van der Waals surface area contributed by atoms with Gasteiger partial charge in [-0.2, -0.15) is 0 Å². The maximum Gasteiger partial charge on any atom is -0.00189 e. The monoisotopic (exact) mass is 381 g/mol. The smallest absolute Gasteiger partial charge is 0.00189 e. The summed E-state index contributed by atoms with van der Waals surface area (Å²) in [6.45, 7) is 10.8. The van der Waals surface area contributed by atoms with Crippen LogP contribution in [0.25, 0.3) is 0 Å². The second-order valence-electron chi connectivity index (χ2n) is 8.80. The topological polar surface area (TPSA) is 3.24 Å². The van der Waals surface area contributed by atoms with E-state index in [0.29, 0.717) is 0 Å². The van der Waals surface area contributed by atoms with Crippen LogP contribution in [0, 0.1) is 0 Å². The highest BCUT2D eigenvalue weighted by atomic mass is 15.1. The van der Waals surface area contributed by atoms with Gasteiger partial charge in [-0.3, -0.25) is 0 Å². The molecule has 0 aliphatic heterocycles. The van der Waals surface area contributed by atoms with Crippen molar-refractivity contribution in [2.45, 2.75) is 149 Å². The minimum atomic E-state index is 1.24. The Kier molecular flexibility index (Phi) is 24.0. The van der Waals surface area contributed by atoms with Crippen LogP contribution in [0.1, 0.15) is 149 Å². The summed E-state index contributed by atoms with van der Waals surface area (Å²) in [5.74, 6) is 0. The van der Waals surface area contributed by atoms with Gasteiger partial charge in [0.25, 0.3) is 0 Å². The lowest BCUT2D eigenvalue weighted by Crippen LogP contribution is -2.25. The fraction of sp³-hybridized carbons (Fsp3) is 1.00. The molecular formula is C26H55N. The van der Waals surface area contributed by atoms with Gasteiger partial charge in [0.1, 0.15) is 0 Å². The summed E-state index contributed by atoms with van der Waals surface area (Å²) in [6, 6.07) is 0. The molecule has 1 nitrogen and oxygen atoms in total. The largest absolute Gasteiger partial charge is 0.304 e. The van der Waals surface area contributed by atoms with Gasteiger partial charge in [0.05, 0.1) is 0 Å². The molecular weight excluding hydrogens is 326 g/mol. The third-order valence-electron chi connectivity index (χ3n) is 6.10. The van der Waals surface area contributed by atoms with Crippen molar-refractivity contribution in [1.29, 1.82) is 0 Å². The maximum absolute atomic E-state index is 2.67. The average Bonchev–Trinajstić information content (AvgIpc) is 2.69. The second-order valence-corrected chi connectivity index (χ2v) is 8.80. The van der Waals surface area contributed by atoms with Gasteiger partial charge in [-0.1, -0.05) is 136 Å². The molecule has 0 aromatic carbocycles. The van der Waals surface area contributed by atoms with Gasteiger partial charge in [0.15, 0.2) is 0 Å². The van der Waals surface area contributed by atoms with Crippen molar-refractivity contribution in [2.24, 2.45) is 0 Å². The summed E-state index contributed by atoms with van der Waals surface area (Å²) < 4.78 is 0. The van der Waals surface area contributed by atoms with E-state index in [-0.39, 0.29) is 0 Å². The number of rotatable bonds is 23. The minimum Gasteiger partial charge on any atom is -0.304 e. The van der Waals surface area contributed by atoms with E-state index in [0.717, 1.165) is 0 Å². The standard InChI is InChI=1S/C26H55N/c1-4-7-9-11-12-13-14-15-16-17-18-19-20-21-22-24-26-27(6-3)25-23-10-8-5-2/h4-26H2,1-3H3. The Morgan fingerprint density at radius 3 is 0.889 bits per heavy atom. The van der Waals surface area contributed by atoms with Crippen molar-refractivity contribution >= 4 is 0 Å². The van der Waals surface area contributed by atoms with Crippen molar-refractivity contribution in [3.8, 4) is 0 Å². The molecule has 0 spiro atoms. The molecule has 0 rings (SSSR count). The van der Waals surface area contributed by atoms with Crippen LogP contribution in [0.5, 0.6) is 0 Å². The Bertz CT molecular complexity index is 251. The molecule has 0 heterocycles. The highest BCUT2D eigenvalue weighted by Crippen LogP contribution is 2.14. The first-order chi connectivity index (χ1) is 13.3. The number of unbranched alkanes of at least 4 members (excludes halogenated alkanes) is 18. The Balaban J connectivity index is 3.17. The first-order valence-electron chi connectivity index (χ1n) is 13.1. The molecule has 0 aliphatic carbocycles. The van der Waals surface area contributed by atoms with E-state index in [2.05, 4.69) is 25.7 Å². The van der Waals surface area contributed by atoms with Gasteiger partial charge in [-0.25, -0.2) is 0 Å². The lowest BCUT2D eigenvalue weighted by molar-refractivity contribution is 0.273. The van der Waals surface area contributed by atoms with E-state index in [1.165, 1.54) is 148 Å². The Morgan fingerprint density at radius 2 is 0.593 bits per heavy atom. The minimum absolute atomic E-state index is 1.24. The molecule has 0 radical (unpaired) electrons. The first kappa shape index (κ1) is 27.0. The third kappa shape index (κ3) is 22.1. The van der Waals surface area contributed by atoms with Crippen LogP contribution in [0.2, 0.25) is 0 Å². The summed E-state index contributed by atoms with van der Waals surface area (Å²) in [5.41, 5.74) is 0. The number of hydrogen-bond donors (Lipinski definition) is 0. The van der Waals surface area contributed by atoms with Crippen LogP contribution in [-0.2, 0) is 0 Å². The summed E-state index contributed by atoms with van der Waals surface area (Å²) in [5, 5.41) is 0. The lowest BCUT2D eigenvalue weighted by atomic mass is 10.0. The SMILES string of the molecule is CCCCCCCCCCCCCCCCCCN(CC)CCCCCC. The first-order valence-corrected chi connectivity index (χ1v) is 13.1. The van der Waals surface area contributed by atoms with Crippen molar-refractivity contribution in [2.75, 3.05) is 19.6 Å². The van der Waals surface area contributed by atoms with Crippen LogP contribution in [0.15, 0.2) is 0 Å². The molecule has 1 heteroatoms. The molecule has 0 bridgehead atoms. The second kappa shape index (κ2) is 24.0. The van der Waals surface area contributed by atoms with Crippen molar-refractivity contribution in [1.82, 2.24) is 4.90 Å². The lowest BCUT2D eigenvalue weighted by Gasteiger charge is -2.20.